The van der Waals surface area contributed by atoms with Gasteiger partial charge in [0.15, 0.2) is 0 Å². The number of ether oxygens (including phenoxy) is 1. The molecule has 0 saturated carbocycles. The van der Waals surface area contributed by atoms with Gasteiger partial charge in [0, 0.05) is 13.0 Å². The molecule has 152 valence electrons. The molecule has 1 aliphatic heterocycles. The van der Waals surface area contributed by atoms with Gasteiger partial charge in [0.05, 0.1) is 48.6 Å². The third kappa shape index (κ3) is 4.75. The largest absolute Gasteiger partial charge is 0.368 e. The Bertz CT molecular complexity index is 957. The number of carbonyl (C=O) groups excluding carboxylic acids is 1. The van der Waals surface area contributed by atoms with Crippen molar-refractivity contribution in [1.82, 2.24) is 19.8 Å². The van der Waals surface area contributed by atoms with Crippen LogP contribution in [0.1, 0.15) is 30.2 Å². The standard InChI is InChI=1S/C18H24N4O5S/c1-4-15-18(12(2)21-27-15)14-7-5-6-13(20-14)16-11-22(8-9-26-16)17(23)10-19-28(3,24)25/h5-7,16,19H,4,8-11H2,1-3H3. The Morgan fingerprint density at radius 2 is 2.18 bits per heavy atom. The lowest BCUT2D eigenvalue weighted by molar-refractivity contribution is -0.137. The van der Waals surface area contributed by atoms with Crippen molar-refractivity contribution in [2.45, 2.75) is 26.4 Å². The first kappa shape index (κ1) is 20.4. The zero-order chi connectivity index (χ0) is 20.3. The van der Waals surface area contributed by atoms with Gasteiger partial charge in [-0.05, 0) is 19.1 Å². The number of pyridine rings is 1. The summed E-state index contributed by atoms with van der Waals surface area (Å²) in [6, 6.07) is 5.63. The Morgan fingerprint density at radius 1 is 1.39 bits per heavy atom. The zero-order valence-corrected chi connectivity index (χ0v) is 17.0. The van der Waals surface area contributed by atoms with Crippen LogP contribution in [0.4, 0.5) is 0 Å². The fraction of sp³-hybridized carbons (Fsp3) is 0.500. The van der Waals surface area contributed by atoms with E-state index in [1.54, 1.807) is 4.90 Å². The van der Waals surface area contributed by atoms with Crippen LogP contribution in [-0.4, -0.2) is 61.9 Å². The minimum absolute atomic E-state index is 0.265. The summed E-state index contributed by atoms with van der Waals surface area (Å²) in [5.74, 6) is 0.480. The normalized spacial score (nSPS) is 17.7. The van der Waals surface area contributed by atoms with Gasteiger partial charge in [-0.25, -0.2) is 18.1 Å². The first-order valence-electron chi connectivity index (χ1n) is 9.05. The van der Waals surface area contributed by atoms with Gasteiger partial charge in [-0.3, -0.25) is 4.79 Å². The number of morpholine rings is 1. The van der Waals surface area contributed by atoms with Gasteiger partial charge in [-0.2, -0.15) is 0 Å². The fourth-order valence-corrected chi connectivity index (χ4v) is 3.50. The molecule has 9 nitrogen and oxygen atoms in total. The maximum Gasteiger partial charge on any atom is 0.237 e. The molecule has 3 rings (SSSR count). The number of hydrogen-bond donors (Lipinski definition) is 1. The average molecular weight is 408 g/mol. The minimum atomic E-state index is -3.42. The lowest BCUT2D eigenvalue weighted by Crippen LogP contribution is -2.46. The summed E-state index contributed by atoms with van der Waals surface area (Å²) in [7, 11) is -3.42. The van der Waals surface area contributed by atoms with E-state index in [1.807, 2.05) is 32.0 Å². The maximum atomic E-state index is 12.3. The maximum absolute atomic E-state index is 12.3. The fourth-order valence-electron chi connectivity index (χ4n) is 3.12. The van der Waals surface area contributed by atoms with Crippen molar-refractivity contribution in [1.29, 1.82) is 0 Å². The smallest absolute Gasteiger partial charge is 0.237 e. The average Bonchev–Trinajstić information content (AvgIpc) is 3.06. The molecule has 1 atom stereocenters. The van der Waals surface area contributed by atoms with Crippen molar-refractivity contribution in [3.05, 3.63) is 35.3 Å². The monoisotopic (exact) mass is 408 g/mol. The van der Waals surface area contributed by atoms with Gasteiger partial charge < -0.3 is 14.2 Å². The number of nitrogens with one attached hydrogen (secondary N) is 1. The third-order valence-electron chi connectivity index (χ3n) is 4.52. The first-order valence-corrected chi connectivity index (χ1v) is 10.9. The highest BCUT2D eigenvalue weighted by Crippen LogP contribution is 2.28. The van der Waals surface area contributed by atoms with E-state index in [2.05, 4.69) is 9.88 Å². The number of aryl methyl sites for hydroxylation is 2. The summed E-state index contributed by atoms with van der Waals surface area (Å²) in [5, 5.41) is 4.03. The quantitative estimate of drug-likeness (QED) is 0.760. The molecule has 1 aliphatic rings. The predicted molar refractivity (Wildman–Crippen MR) is 102 cm³/mol. The second-order valence-corrected chi connectivity index (χ2v) is 8.49. The molecular formula is C18H24N4O5S. The molecule has 0 radical (unpaired) electrons. The van der Waals surface area contributed by atoms with Crippen molar-refractivity contribution in [3.63, 3.8) is 0 Å². The van der Waals surface area contributed by atoms with E-state index in [4.69, 9.17) is 14.2 Å². The molecule has 28 heavy (non-hydrogen) atoms. The highest BCUT2D eigenvalue weighted by atomic mass is 32.2. The van der Waals surface area contributed by atoms with Gasteiger partial charge in [0.2, 0.25) is 15.9 Å². The van der Waals surface area contributed by atoms with E-state index >= 15 is 0 Å². The van der Waals surface area contributed by atoms with Gasteiger partial charge in [-0.15, -0.1) is 0 Å². The van der Waals surface area contributed by atoms with Crippen LogP contribution in [0.5, 0.6) is 0 Å². The zero-order valence-electron chi connectivity index (χ0n) is 16.1. The molecule has 2 aromatic rings. The Labute approximate surface area is 164 Å². The SMILES string of the molecule is CCc1onc(C)c1-c1cccc(C2CN(C(=O)CNS(C)(=O)=O)CCO2)n1. The highest BCUT2D eigenvalue weighted by molar-refractivity contribution is 7.88. The van der Waals surface area contributed by atoms with E-state index in [-0.39, 0.29) is 18.6 Å². The van der Waals surface area contributed by atoms with Crippen LogP contribution < -0.4 is 4.72 Å². The summed E-state index contributed by atoms with van der Waals surface area (Å²) in [4.78, 5) is 18.6. The van der Waals surface area contributed by atoms with Crippen LogP contribution >= 0.6 is 0 Å². The van der Waals surface area contributed by atoms with E-state index in [0.717, 1.165) is 29.0 Å². The molecule has 1 unspecified atom stereocenters. The summed E-state index contributed by atoms with van der Waals surface area (Å²) in [6.07, 6.45) is 1.34. The Kier molecular flexibility index (Phi) is 6.11. The van der Waals surface area contributed by atoms with Crippen LogP contribution in [0.25, 0.3) is 11.3 Å². The molecular weight excluding hydrogens is 384 g/mol. The molecule has 3 heterocycles. The van der Waals surface area contributed by atoms with E-state index in [0.29, 0.717) is 31.8 Å². The predicted octanol–water partition coefficient (Wildman–Crippen LogP) is 1.06. The number of rotatable bonds is 6. The van der Waals surface area contributed by atoms with Crippen molar-refractivity contribution in [3.8, 4) is 11.3 Å². The highest BCUT2D eigenvalue weighted by Gasteiger charge is 2.27. The molecule has 1 amide bonds. The lowest BCUT2D eigenvalue weighted by atomic mass is 10.1. The number of carbonyl (C=O) groups is 1. The molecule has 0 spiro atoms. The number of amides is 1. The van der Waals surface area contributed by atoms with E-state index in [9.17, 15) is 13.2 Å². The van der Waals surface area contributed by atoms with Crippen LogP contribution in [0.15, 0.2) is 22.7 Å². The van der Waals surface area contributed by atoms with Crippen LogP contribution in [-0.2, 0) is 26.0 Å². The van der Waals surface area contributed by atoms with Gasteiger partial charge in [-0.1, -0.05) is 18.1 Å². The summed E-state index contributed by atoms with van der Waals surface area (Å²) in [6.45, 7) is 4.67. The number of sulfonamides is 1. The Morgan fingerprint density at radius 3 is 2.89 bits per heavy atom. The van der Waals surface area contributed by atoms with Crippen molar-refractivity contribution < 1.29 is 22.5 Å². The molecule has 1 fully saturated rings. The van der Waals surface area contributed by atoms with Gasteiger partial charge >= 0.3 is 0 Å². The van der Waals surface area contributed by atoms with Gasteiger partial charge in [0.1, 0.15) is 11.9 Å². The molecule has 0 bridgehead atoms. The first-order chi connectivity index (χ1) is 13.3. The minimum Gasteiger partial charge on any atom is -0.368 e. The lowest BCUT2D eigenvalue weighted by Gasteiger charge is -2.32. The summed E-state index contributed by atoms with van der Waals surface area (Å²) < 4.78 is 35.8. The summed E-state index contributed by atoms with van der Waals surface area (Å²) >= 11 is 0. The van der Waals surface area contributed by atoms with Crippen molar-refractivity contribution in [2.75, 3.05) is 32.5 Å². The molecule has 1 N–H and O–H groups in total. The van der Waals surface area contributed by atoms with E-state index in [1.165, 1.54) is 0 Å². The van der Waals surface area contributed by atoms with E-state index < -0.39 is 10.0 Å². The third-order valence-corrected chi connectivity index (χ3v) is 5.18. The topological polar surface area (TPSA) is 115 Å². The number of hydrogen-bond acceptors (Lipinski definition) is 7. The van der Waals surface area contributed by atoms with Crippen molar-refractivity contribution >= 4 is 15.9 Å². The molecule has 2 aromatic heterocycles. The van der Waals surface area contributed by atoms with Gasteiger partial charge in [0.25, 0.3) is 0 Å². The molecule has 0 aromatic carbocycles. The number of aromatic nitrogens is 2. The van der Waals surface area contributed by atoms with Crippen LogP contribution in [0.3, 0.4) is 0 Å². The van der Waals surface area contributed by atoms with Crippen LogP contribution in [0.2, 0.25) is 0 Å². The second kappa shape index (κ2) is 8.38. The Balaban J connectivity index is 1.76. The second-order valence-electron chi connectivity index (χ2n) is 6.66. The Hall–Kier alpha value is -2.30. The summed E-state index contributed by atoms with van der Waals surface area (Å²) in [5.41, 5.74) is 3.10. The number of nitrogens with zero attached hydrogens (tertiary/aromatic N) is 3. The molecule has 0 aliphatic carbocycles. The van der Waals surface area contributed by atoms with Crippen molar-refractivity contribution in [2.24, 2.45) is 0 Å². The molecule has 10 heteroatoms. The van der Waals surface area contributed by atoms with Crippen LogP contribution in [0, 0.1) is 6.92 Å². The molecule has 1 saturated heterocycles.